The monoisotopic (exact) mass is 577 g/mol. The summed E-state index contributed by atoms with van der Waals surface area (Å²) in [5, 5.41) is 19.2. The number of carbonyl (C=O) groups is 2. The van der Waals surface area contributed by atoms with Crippen LogP contribution in [0.3, 0.4) is 0 Å². The Morgan fingerprint density at radius 2 is 1.82 bits per heavy atom. The Bertz CT molecular complexity index is 1390. The van der Waals surface area contributed by atoms with Crippen LogP contribution >= 0.6 is 15.9 Å². The van der Waals surface area contributed by atoms with Crippen LogP contribution in [-0.2, 0) is 9.53 Å². The first-order chi connectivity index (χ1) is 18.2. The van der Waals surface area contributed by atoms with Crippen molar-refractivity contribution >= 4 is 56.3 Å². The van der Waals surface area contributed by atoms with Gasteiger partial charge in [-0.2, -0.15) is 5.11 Å². The summed E-state index contributed by atoms with van der Waals surface area (Å²) < 4.78 is 5.81. The summed E-state index contributed by atoms with van der Waals surface area (Å²) in [7, 11) is 1.86. The van der Waals surface area contributed by atoms with Crippen molar-refractivity contribution in [3.63, 3.8) is 0 Å². The number of carbonyl (C=O) groups excluding carboxylic acids is 2. The Hall–Kier alpha value is -4.38. The molecule has 4 rings (SSSR count). The molecule has 1 aliphatic rings. The van der Waals surface area contributed by atoms with E-state index in [0.29, 0.717) is 33.7 Å². The molecule has 0 aliphatic carbocycles. The number of esters is 1. The first kappa shape index (κ1) is 26.7. The number of halogens is 1. The van der Waals surface area contributed by atoms with Crippen LogP contribution in [-0.4, -0.2) is 48.4 Å². The van der Waals surface area contributed by atoms with Crippen LogP contribution < -0.4 is 4.90 Å². The van der Waals surface area contributed by atoms with Gasteiger partial charge < -0.3 is 14.5 Å². The zero-order chi connectivity index (χ0) is 27.2. The largest absolute Gasteiger partial charge is 0.464 e. The summed E-state index contributed by atoms with van der Waals surface area (Å²) in [6.45, 7) is 4.77. The molecule has 0 spiro atoms. The highest BCUT2D eigenvalue weighted by Crippen LogP contribution is 2.32. The van der Waals surface area contributed by atoms with Gasteiger partial charge in [0, 0.05) is 48.2 Å². The molecule has 0 saturated carbocycles. The lowest BCUT2D eigenvalue weighted by molar-refractivity contribution is -0.384. The molecule has 11 heteroatoms. The van der Waals surface area contributed by atoms with Gasteiger partial charge in [-0.15, -0.1) is 5.11 Å². The van der Waals surface area contributed by atoms with Crippen molar-refractivity contribution in [1.82, 2.24) is 4.90 Å². The Labute approximate surface area is 227 Å². The minimum atomic E-state index is -0.478. The first-order valence-corrected chi connectivity index (χ1v) is 12.5. The fourth-order valence-electron chi connectivity index (χ4n) is 3.86. The molecule has 0 radical (unpaired) electrons. The van der Waals surface area contributed by atoms with E-state index in [-0.39, 0.29) is 37.1 Å². The standard InChI is InChI=1S/C27H24BrN5O5/c1-18-22-5-3-4-6-23(22)27(35)32(18)15-16-38-26(34)13-14-31(2)20-9-7-19(8-10-20)29-30-25-12-11-21(33(36)37)17-24(25)28/h3-12,17H,1,13-16H2,2H3. The van der Waals surface area contributed by atoms with Crippen molar-refractivity contribution in [2.75, 3.05) is 31.6 Å². The Morgan fingerprint density at radius 1 is 1.11 bits per heavy atom. The predicted molar refractivity (Wildman–Crippen MR) is 147 cm³/mol. The molecule has 0 aromatic heterocycles. The van der Waals surface area contributed by atoms with Crippen molar-refractivity contribution in [3.05, 3.63) is 99.0 Å². The van der Waals surface area contributed by atoms with Gasteiger partial charge in [-0.25, -0.2) is 0 Å². The normalized spacial score (nSPS) is 12.6. The second kappa shape index (κ2) is 11.8. The van der Waals surface area contributed by atoms with Crippen LogP contribution in [0, 0.1) is 10.1 Å². The van der Waals surface area contributed by atoms with Crippen LogP contribution in [0.1, 0.15) is 22.3 Å². The van der Waals surface area contributed by atoms with E-state index < -0.39 is 4.92 Å². The molecule has 3 aromatic rings. The van der Waals surface area contributed by atoms with E-state index >= 15 is 0 Å². The van der Waals surface area contributed by atoms with E-state index in [1.165, 1.54) is 23.1 Å². The Balaban J connectivity index is 1.22. The number of fused-ring (bicyclic) bond motifs is 1. The van der Waals surface area contributed by atoms with Gasteiger partial charge in [0.2, 0.25) is 0 Å². The number of ether oxygens (including phenoxy) is 1. The van der Waals surface area contributed by atoms with Gasteiger partial charge in [0.25, 0.3) is 11.6 Å². The Kier molecular flexibility index (Phi) is 8.27. The summed E-state index contributed by atoms with van der Waals surface area (Å²) in [4.78, 5) is 38.6. The maximum Gasteiger partial charge on any atom is 0.307 e. The summed E-state index contributed by atoms with van der Waals surface area (Å²) in [6.07, 6.45) is 0.182. The molecule has 10 nitrogen and oxygen atoms in total. The summed E-state index contributed by atoms with van der Waals surface area (Å²) in [5.41, 5.74) is 3.94. The number of rotatable bonds is 10. The van der Waals surface area contributed by atoms with Gasteiger partial charge in [0.05, 0.1) is 28.0 Å². The summed E-state index contributed by atoms with van der Waals surface area (Å²) in [5.74, 6) is -0.490. The number of benzene rings is 3. The predicted octanol–water partition coefficient (Wildman–Crippen LogP) is 6.27. The molecule has 0 bridgehead atoms. The first-order valence-electron chi connectivity index (χ1n) is 11.7. The van der Waals surface area contributed by atoms with Crippen LogP contribution in [0.2, 0.25) is 0 Å². The van der Waals surface area contributed by atoms with Gasteiger partial charge in [-0.3, -0.25) is 19.7 Å². The molecule has 0 N–H and O–H groups in total. The molecule has 0 atom stereocenters. The number of nitro groups is 1. The van der Waals surface area contributed by atoms with Crippen molar-refractivity contribution in [3.8, 4) is 0 Å². The zero-order valence-corrected chi connectivity index (χ0v) is 22.1. The van der Waals surface area contributed by atoms with Gasteiger partial charge in [-0.1, -0.05) is 24.8 Å². The minimum absolute atomic E-state index is 0.0364. The van der Waals surface area contributed by atoms with E-state index in [1.54, 1.807) is 18.2 Å². The second-order valence-corrected chi connectivity index (χ2v) is 9.30. The van der Waals surface area contributed by atoms with Crippen LogP contribution in [0.5, 0.6) is 0 Å². The topological polar surface area (TPSA) is 118 Å². The molecule has 1 amide bonds. The molecule has 0 saturated heterocycles. The molecule has 194 valence electrons. The molecular formula is C27H24BrN5O5. The fourth-order valence-corrected chi connectivity index (χ4v) is 4.30. The lowest BCUT2D eigenvalue weighted by Gasteiger charge is -2.20. The molecule has 1 aliphatic heterocycles. The maximum absolute atomic E-state index is 12.5. The Morgan fingerprint density at radius 3 is 2.47 bits per heavy atom. The van der Waals surface area contributed by atoms with E-state index in [0.717, 1.165) is 11.3 Å². The number of nitro benzene ring substituents is 1. The molecular weight excluding hydrogens is 554 g/mol. The number of anilines is 1. The molecule has 0 unspecified atom stereocenters. The van der Waals surface area contributed by atoms with E-state index in [1.807, 2.05) is 42.3 Å². The van der Waals surface area contributed by atoms with Crippen LogP contribution in [0.25, 0.3) is 5.70 Å². The third-order valence-electron chi connectivity index (χ3n) is 5.97. The maximum atomic E-state index is 12.5. The average molecular weight is 578 g/mol. The van der Waals surface area contributed by atoms with E-state index in [9.17, 15) is 19.7 Å². The quantitative estimate of drug-likeness (QED) is 0.121. The zero-order valence-electron chi connectivity index (χ0n) is 20.5. The molecule has 0 fully saturated rings. The highest BCUT2D eigenvalue weighted by molar-refractivity contribution is 9.10. The van der Waals surface area contributed by atoms with Crippen molar-refractivity contribution < 1.29 is 19.2 Å². The lowest BCUT2D eigenvalue weighted by atomic mass is 10.1. The van der Waals surface area contributed by atoms with Crippen molar-refractivity contribution in [1.29, 1.82) is 0 Å². The summed E-state index contributed by atoms with van der Waals surface area (Å²) >= 11 is 3.27. The molecule has 3 aromatic carbocycles. The number of hydrogen-bond acceptors (Lipinski definition) is 8. The van der Waals surface area contributed by atoms with Crippen LogP contribution in [0.4, 0.5) is 22.7 Å². The highest BCUT2D eigenvalue weighted by Gasteiger charge is 2.30. The lowest BCUT2D eigenvalue weighted by Crippen LogP contribution is -2.28. The SMILES string of the molecule is C=C1c2ccccc2C(=O)N1CCOC(=O)CCN(C)c1ccc(N=Nc2ccc([N+](=O)[O-])cc2Br)cc1. The highest BCUT2D eigenvalue weighted by atomic mass is 79.9. The van der Waals surface area contributed by atoms with Crippen LogP contribution in [0.15, 0.2) is 88.0 Å². The van der Waals surface area contributed by atoms with E-state index in [4.69, 9.17) is 4.74 Å². The third-order valence-corrected chi connectivity index (χ3v) is 6.61. The molecule has 38 heavy (non-hydrogen) atoms. The smallest absolute Gasteiger partial charge is 0.307 e. The van der Waals surface area contributed by atoms with Gasteiger partial charge in [0.15, 0.2) is 0 Å². The van der Waals surface area contributed by atoms with Gasteiger partial charge in [-0.05, 0) is 52.3 Å². The second-order valence-electron chi connectivity index (χ2n) is 8.45. The number of nitrogens with zero attached hydrogens (tertiary/aromatic N) is 5. The average Bonchev–Trinajstić information content (AvgIpc) is 3.16. The van der Waals surface area contributed by atoms with Crippen molar-refractivity contribution in [2.45, 2.75) is 6.42 Å². The minimum Gasteiger partial charge on any atom is -0.464 e. The molecule has 1 heterocycles. The summed E-state index contributed by atoms with van der Waals surface area (Å²) in [6, 6.07) is 18.8. The fraction of sp³-hybridized carbons (Fsp3) is 0.185. The number of azo groups is 1. The number of non-ortho nitro benzene ring substituents is 1. The number of hydrogen-bond donors (Lipinski definition) is 0. The van der Waals surface area contributed by atoms with E-state index in [2.05, 4.69) is 32.7 Å². The van der Waals surface area contributed by atoms with Crippen molar-refractivity contribution in [2.24, 2.45) is 10.2 Å². The number of amides is 1. The van der Waals surface area contributed by atoms with Gasteiger partial charge in [0.1, 0.15) is 12.3 Å². The third kappa shape index (κ3) is 6.12. The van der Waals surface area contributed by atoms with Gasteiger partial charge >= 0.3 is 5.97 Å².